The third-order valence-electron chi connectivity index (χ3n) is 5.49. The van der Waals surface area contributed by atoms with E-state index in [1.54, 1.807) is 19.5 Å². The molecule has 4 rings (SSSR count). The molecule has 7 heteroatoms. The van der Waals surface area contributed by atoms with Gasteiger partial charge in [0.15, 0.2) is 0 Å². The minimum atomic E-state index is 0.0414. The Labute approximate surface area is 170 Å². The van der Waals surface area contributed by atoms with Gasteiger partial charge in [0.25, 0.3) is 0 Å². The number of benzene rings is 1. The maximum atomic E-state index is 12.6. The molecule has 0 saturated carbocycles. The number of imidazole rings is 1. The molecule has 3 heterocycles. The largest absolute Gasteiger partial charge is 0.383 e. The lowest BCUT2D eigenvalue weighted by atomic mass is 9.96. The topological polar surface area (TPSA) is 72.3 Å². The minimum Gasteiger partial charge on any atom is -0.383 e. The lowest BCUT2D eigenvalue weighted by Gasteiger charge is -2.32. The van der Waals surface area contributed by atoms with Crippen molar-refractivity contribution in [2.75, 3.05) is 31.7 Å². The molecule has 1 fully saturated rings. The highest BCUT2D eigenvalue weighted by atomic mass is 16.5. The summed E-state index contributed by atoms with van der Waals surface area (Å²) in [5, 5.41) is 3.05. The van der Waals surface area contributed by atoms with Gasteiger partial charge in [0.2, 0.25) is 11.9 Å². The molecule has 1 aliphatic rings. The quantitative estimate of drug-likeness (QED) is 0.668. The highest BCUT2D eigenvalue weighted by Gasteiger charge is 2.27. The van der Waals surface area contributed by atoms with E-state index in [1.807, 2.05) is 30.3 Å². The molecule has 0 aliphatic carbocycles. The predicted molar refractivity (Wildman–Crippen MR) is 113 cm³/mol. The second-order valence-electron chi connectivity index (χ2n) is 7.39. The molecule has 2 aromatic heterocycles. The summed E-state index contributed by atoms with van der Waals surface area (Å²) in [4.78, 5) is 23.8. The van der Waals surface area contributed by atoms with Crippen LogP contribution in [0.5, 0.6) is 0 Å². The maximum absolute atomic E-state index is 12.6. The molecule has 29 heavy (non-hydrogen) atoms. The summed E-state index contributed by atoms with van der Waals surface area (Å²) in [6, 6.07) is 12.0. The van der Waals surface area contributed by atoms with Gasteiger partial charge in [-0.1, -0.05) is 18.2 Å². The second kappa shape index (κ2) is 9.05. The summed E-state index contributed by atoms with van der Waals surface area (Å²) in [7, 11) is 1.72. The Hall–Kier alpha value is -2.93. The van der Waals surface area contributed by atoms with E-state index in [2.05, 4.69) is 25.8 Å². The van der Waals surface area contributed by atoms with Gasteiger partial charge in [-0.15, -0.1) is 0 Å². The number of ether oxygens (including phenoxy) is 1. The maximum Gasteiger partial charge on any atom is 0.223 e. The number of carbonyl (C=O) groups is 1. The Morgan fingerprint density at radius 1 is 1.21 bits per heavy atom. The van der Waals surface area contributed by atoms with Crippen LogP contribution in [-0.2, 0) is 22.6 Å². The lowest BCUT2D eigenvalue weighted by molar-refractivity contribution is -0.125. The number of aromatic nitrogens is 3. The van der Waals surface area contributed by atoms with E-state index in [0.717, 1.165) is 55.0 Å². The van der Waals surface area contributed by atoms with Crippen molar-refractivity contribution in [2.24, 2.45) is 5.92 Å². The molecule has 7 nitrogen and oxygen atoms in total. The number of anilines is 1. The van der Waals surface area contributed by atoms with Crippen LogP contribution in [0.3, 0.4) is 0 Å². The number of nitrogens with one attached hydrogen (secondary N) is 1. The van der Waals surface area contributed by atoms with Crippen LogP contribution in [0.15, 0.2) is 48.8 Å². The third-order valence-corrected chi connectivity index (χ3v) is 5.49. The van der Waals surface area contributed by atoms with Crippen molar-refractivity contribution in [2.45, 2.75) is 25.9 Å². The number of methoxy groups -OCH3 is 1. The fraction of sp³-hybridized carbons (Fsp3) is 0.409. The van der Waals surface area contributed by atoms with Gasteiger partial charge in [-0.2, -0.15) is 0 Å². The molecule has 0 unspecified atom stereocenters. The Kier molecular flexibility index (Phi) is 6.05. The number of rotatable bonds is 7. The Bertz CT molecular complexity index is 948. The van der Waals surface area contributed by atoms with Gasteiger partial charge >= 0.3 is 0 Å². The molecular weight excluding hydrogens is 366 g/mol. The molecule has 0 radical (unpaired) electrons. The number of para-hydroxylation sites is 2. The first-order chi connectivity index (χ1) is 14.3. The van der Waals surface area contributed by atoms with Gasteiger partial charge in [-0.3, -0.25) is 9.78 Å². The van der Waals surface area contributed by atoms with E-state index in [0.29, 0.717) is 13.2 Å². The van der Waals surface area contributed by atoms with Crippen LogP contribution in [0.4, 0.5) is 5.95 Å². The van der Waals surface area contributed by atoms with Crippen LogP contribution in [-0.4, -0.2) is 47.2 Å². The molecule has 1 aliphatic heterocycles. The summed E-state index contributed by atoms with van der Waals surface area (Å²) in [5.74, 6) is 1.14. The fourth-order valence-corrected chi connectivity index (χ4v) is 3.89. The standard InChI is InChI=1S/C22H27N5O2/c1-29-14-13-27-20-7-3-2-6-19(20)25-22(27)26-11-8-18(9-12-26)21(28)24-16-17-5-4-10-23-15-17/h2-7,10,15,18H,8-9,11-14,16H2,1H3,(H,24,28). The first-order valence-corrected chi connectivity index (χ1v) is 10.1. The third kappa shape index (κ3) is 4.40. The minimum absolute atomic E-state index is 0.0414. The van der Waals surface area contributed by atoms with Gasteiger partial charge in [0.1, 0.15) is 0 Å². The summed E-state index contributed by atoms with van der Waals surface area (Å²) in [6.07, 6.45) is 5.17. The molecule has 152 valence electrons. The van der Waals surface area contributed by atoms with Crippen molar-refractivity contribution in [3.63, 3.8) is 0 Å². The average Bonchev–Trinajstić information content (AvgIpc) is 3.15. The van der Waals surface area contributed by atoms with Gasteiger partial charge in [0.05, 0.1) is 17.6 Å². The summed E-state index contributed by atoms with van der Waals surface area (Å²) in [6.45, 7) is 3.57. The van der Waals surface area contributed by atoms with Crippen LogP contribution in [0, 0.1) is 5.92 Å². The van der Waals surface area contributed by atoms with E-state index >= 15 is 0 Å². The highest BCUT2D eigenvalue weighted by molar-refractivity contribution is 5.80. The van der Waals surface area contributed by atoms with Crippen LogP contribution in [0.25, 0.3) is 11.0 Å². The molecule has 1 saturated heterocycles. The zero-order valence-corrected chi connectivity index (χ0v) is 16.8. The Balaban J connectivity index is 1.39. The summed E-state index contributed by atoms with van der Waals surface area (Å²) in [5.41, 5.74) is 3.14. The normalized spacial score (nSPS) is 15.0. The molecule has 3 aromatic rings. The number of nitrogens with zero attached hydrogens (tertiary/aromatic N) is 4. The molecule has 0 spiro atoms. The van der Waals surface area contributed by atoms with E-state index in [1.165, 1.54) is 0 Å². The number of piperidine rings is 1. The van der Waals surface area contributed by atoms with E-state index in [-0.39, 0.29) is 11.8 Å². The average molecular weight is 393 g/mol. The number of hydrogen-bond acceptors (Lipinski definition) is 5. The first kappa shape index (κ1) is 19.4. The number of pyridine rings is 1. The van der Waals surface area contributed by atoms with Crippen molar-refractivity contribution in [3.8, 4) is 0 Å². The SMILES string of the molecule is COCCn1c(N2CCC(C(=O)NCc3cccnc3)CC2)nc2ccccc21. The zero-order chi connectivity index (χ0) is 20.1. The van der Waals surface area contributed by atoms with Crippen molar-refractivity contribution in [1.82, 2.24) is 19.9 Å². The number of fused-ring (bicyclic) bond motifs is 1. The molecule has 0 atom stereocenters. The van der Waals surface area contributed by atoms with Crippen molar-refractivity contribution in [3.05, 3.63) is 54.4 Å². The molecule has 1 amide bonds. The monoisotopic (exact) mass is 393 g/mol. The van der Waals surface area contributed by atoms with Gasteiger partial charge in [-0.05, 0) is 36.6 Å². The van der Waals surface area contributed by atoms with Crippen LogP contribution in [0.2, 0.25) is 0 Å². The van der Waals surface area contributed by atoms with E-state index in [4.69, 9.17) is 9.72 Å². The molecular formula is C22H27N5O2. The lowest BCUT2D eigenvalue weighted by Crippen LogP contribution is -2.41. The van der Waals surface area contributed by atoms with Crippen LogP contribution >= 0.6 is 0 Å². The zero-order valence-electron chi connectivity index (χ0n) is 16.8. The van der Waals surface area contributed by atoms with Crippen LogP contribution in [0.1, 0.15) is 18.4 Å². The Morgan fingerprint density at radius 2 is 2.03 bits per heavy atom. The van der Waals surface area contributed by atoms with Crippen molar-refractivity contribution in [1.29, 1.82) is 0 Å². The Morgan fingerprint density at radius 3 is 2.79 bits per heavy atom. The van der Waals surface area contributed by atoms with Crippen molar-refractivity contribution < 1.29 is 9.53 Å². The summed E-state index contributed by atoms with van der Waals surface area (Å²) < 4.78 is 7.52. The highest BCUT2D eigenvalue weighted by Crippen LogP contribution is 2.27. The predicted octanol–water partition coefficient (Wildman–Crippen LogP) is 2.61. The second-order valence-corrected chi connectivity index (χ2v) is 7.39. The van der Waals surface area contributed by atoms with Crippen molar-refractivity contribution >= 4 is 22.9 Å². The summed E-state index contributed by atoms with van der Waals surface area (Å²) >= 11 is 0. The van der Waals surface area contributed by atoms with Gasteiger partial charge in [-0.25, -0.2) is 4.98 Å². The molecule has 1 N–H and O–H groups in total. The number of amides is 1. The van der Waals surface area contributed by atoms with Gasteiger partial charge < -0.3 is 19.5 Å². The number of hydrogen-bond donors (Lipinski definition) is 1. The smallest absolute Gasteiger partial charge is 0.223 e. The van der Waals surface area contributed by atoms with Crippen LogP contribution < -0.4 is 10.2 Å². The molecule has 0 bridgehead atoms. The van der Waals surface area contributed by atoms with Gasteiger partial charge in [0, 0.05) is 51.6 Å². The molecule has 1 aromatic carbocycles. The van der Waals surface area contributed by atoms with E-state index in [9.17, 15) is 4.79 Å². The first-order valence-electron chi connectivity index (χ1n) is 10.1. The number of carbonyl (C=O) groups excluding carboxylic acids is 1. The fourth-order valence-electron chi connectivity index (χ4n) is 3.89. The van der Waals surface area contributed by atoms with E-state index < -0.39 is 0 Å².